The summed E-state index contributed by atoms with van der Waals surface area (Å²) >= 11 is 0. The van der Waals surface area contributed by atoms with Gasteiger partial charge in [0.15, 0.2) is 0 Å². The van der Waals surface area contributed by atoms with Gasteiger partial charge in [-0.05, 0) is 18.4 Å². The summed E-state index contributed by atoms with van der Waals surface area (Å²) in [7, 11) is 1.75. The number of hydrogen-bond acceptors (Lipinski definition) is 2. The van der Waals surface area contributed by atoms with E-state index in [0.717, 1.165) is 36.1 Å². The van der Waals surface area contributed by atoms with Crippen LogP contribution < -0.4 is 5.73 Å². The average molecular weight is 180 g/mol. The Hall–Kier alpha value is -1.05. The molecule has 0 aromatic rings. The molecule has 0 aliphatic carbocycles. The zero-order valence-electron chi connectivity index (χ0n) is 8.93. The fraction of sp³-hybridized carbons (Fsp3) is 0.545. The van der Waals surface area contributed by atoms with E-state index >= 15 is 0 Å². The Balaban J connectivity index is 4.76. The standard InChI is InChI=1S/C11H20N2/c1-5-7-11(12)10(8-13-4)9(3)6-2/h8H,3,5-7,12H2,1-2,4H3. The van der Waals surface area contributed by atoms with Crippen molar-refractivity contribution in [2.45, 2.75) is 33.1 Å². The van der Waals surface area contributed by atoms with Gasteiger partial charge in [0.25, 0.3) is 0 Å². The van der Waals surface area contributed by atoms with Crippen molar-refractivity contribution in [3.8, 4) is 0 Å². The molecule has 0 aromatic heterocycles. The van der Waals surface area contributed by atoms with E-state index in [1.54, 1.807) is 13.3 Å². The third-order valence-electron chi connectivity index (χ3n) is 1.93. The monoisotopic (exact) mass is 180 g/mol. The summed E-state index contributed by atoms with van der Waals surface area (Å²) in [6, 6.07) is 0. The minimum Gasteiger partial charge on any atom is -0.402 e. The van der Waals surface area contributed by atoms with Crippen LogP contribution >= 0.6 is 0 Å². The summed E-state index contributed by atoms with van der Waals surface area (Å²) in [5.41, 5.74) is 8.91. The quantitative estimate of drug-likeness (QED) is 0.512. The van der Waals surface area contributed by atoms with Crippen LogP contribution in [0, 0.1) is 0 Å². The zero-order valence-corrected chi connectivity index (χ0v) is 8.93. The molecular formula is C11H20N2. The van der Waals surface area contributed by atoms with Crippen LogP contribution in [0.3, 0.4) is 0 Å². The summed E-state index contributed by atoms with van der Waals surface area (Å²) in [5, 5.41) is 0. The smallest absolute Gasteiger partial charge is 0.0301 e. The van der Waals surface area contributed by atoms with Crippen molar-refractivity contribution in [2.24, 2.45) is 10.7 Å². The molecule has 0 aliphatic rings. The summed E-state index contributed by atoms with van der Waals surface area (Å²) in [4.78, 5) is 3.98. The first-order valence-electron chi connectivity index (χ1n) is 4.76. The van der Waals surface area contributed by atoms with Crippen LogP contribution in [0.25, 0.3) is 0 Å². The van der Waals surface area contributed by atoms with Crippen LogP contribution in [0.2, 0.25) is 0 Å². The highest BCUT2D eigenvalue weighted by Crippen LogP contribution is 2.14. The summed E-state index contributed by atoms with van der Waals surface area (Å²) in [6.45, 7) is 8.15. The maximum atomic E-state index is 5.92. The normalized spacial score (nSPS) is 13.2. The predicted molar refractivity (Wildman–Crippen MR) is 60.0 cm³/mol. The van der Waals surface area contributed by atoms with Crippen molar-refractivity contribution in [3.63, 3.8) is 0 Å². The van der Waals surface area contributed by atoms with Crippen LogP contribution in [-0.4, -0.2) is 13.3 Å². The highest BCUT2D eigenvalue weighted by molar-refractivity contribution is 5.85. The fourth-order valence-electron chi connectivity index (χ4n) is 1.12. The van der Waals surface area contributed by atoms with Gasteiger partial charge >= 0.3 is 0 Å². The van der Waals surface area contributed by atoms with E-state index in [2.05, 4.69) is 25.4 Å². The first-order chi connectivity index (χ1) is 6.17. The Bertz CT molecular complexity index is 224. The van der Waals surface area contributed by atoms with Gasteiger partial charge < -0.3 is 5.73 Å². The van der Waals surface area contributed by atoms with Gasteiger partial charge in [-0.2, -0.15) is 0 Å². The SMILES string of the molecule is C=C(CC)C(C=NC)=C(N)CCC. The van der Waals surface area contributed by atoms with Crippen molar-refractivity contribution in [2.75, 3.05) is 7.05 Å². The van der Waals surface area contributed by atoms with Gasteiger partial charge in [0, 0.05) is 24.5 Å². The topological polar surface area (TPSA) is 38.4 Å². The van der Waals surface area contributed by atoms with Gasteiger partial charge in [0.2, 0.25) is 0 Å². The molecule has 0 unspecified atom stereocenters. The first kappa shape index (κ1) is 11.9. The van der Waals surface area contributed by atoms with Gasteiger partial charge in [-0.25, -0.2) is 0 Å². The van der Waals surface area contributed by atoms with Crippen molar-refractivity contribution >= 4 is 6.21 Å². The number of hydrogen-bond donors (Lipinski definition) is 1. The van der Waals surface area contributed by atoms with Crippen LogP contribution in [0.1, 0.15) is 33.1 Å². The molecule has 0 amide bonds. The van der Waals surface area contributed by atoms with E-state index < -0.39 is 0 Å². The molecular weight excluding hydrogens is 160 g/mol. The Morgan fingerprint density at radius 2 is 2.08 bits per heavy atom. The molecule has 0 bridgehead atoms. The van der Waals surface area contributed by atoms with Gasteiger partial charge in [-0.3, -0.25) is 4.99 Å². The van der Waals surface area contributed by atoms with Crippen LogP contribution in [0.15, 0.2) is 28.4 Å². The molecule has 0 rings (SSSR count). The number of nitrogens with zero attached hydrogens (tertiary/aromatic N) is 1. The summed E-state index contributed by atoms with van der Waals surface area (Å²) in [5.74, 6) is 0. The number of aliphatic imine (C=N–C) groups is 1. The van der Waals surface area contributed by atoms with E-state index in [4.69, 9.17) is 5.73 Å². The maximum Gasteiger partial charge on any atom is 0.0301 e. The van der Waals surface area contributed by atoms with E-state index in [1.807, 2.05) is 0 Å². The summed E-state index contributed by atoms with van der Waals surface area (Å²) < 4.78 is 0. The lowest BCUT2D eigenvalue weighted by Gasteiger charge is -2.08. The molecule has 0 spiro atoms. The molecule has 0 saturated heterocycles. The Kier molecular flexibility index (Phi) is 5.94. The van der Waals surface area contributed by atoms with Crippen molar-refractivity contribution < 1.29 is 0 Å². The first-order valence-corrected chi connectivity index (χ1v) is 4.76. The average Bonchev–Trinajstić information content (AvgIpc) is 2.13. The van der Waals surface area contributed by atoms with E-state index in [9.17, 15) is 0 Å². The lowest BCUT2D eigenvalue weighted by atomic mass is 10.0. The molecule has 0 saturated carbocycles. The minimum atomic E-state index is 0.903. The van der Waals surface area contributed by atoms with E-state index in [1.165, 1.54) is 0 Å². The molecule has 0 aliphatic heterocycles. The van der Waals surface area contributed by atoms with E-state index in [0.29, 0.717) is 0 Å². The molecule has 2 N–H and O–H groups in total. The molecule has 0 atom stereocenters. The molecule has 13 heavy (non-hydrogen) atoms. The van der Waals surface area contributed by atoms with Crippen LogP contribution in [-0.2, 0) is 0 Å². The molecule has 74 valence electrons. The number of allylic oxidation sites excluding steroid dienone is 3. The van der Waals surface area contributed by atoms with Crippen molar-refractivity contribution in [1.82, 2.24) is 0 Å². The predicted octanol–water partition coefficient (Wildman–Crippen LogP) is 2.67. The van der Waals surface area contributed by atoms with Gasteiger partial charge in [-0.1, -0.05) is 26.8 Å². The minimum absolute atomic E-state index is 0.903. The molecule has 0 fully saturated rings. The van der Waals surface area contributed by atoms with Gasteiger partial charge in [0.1, 0.15) is 0 Å². The summed E-state index contributed by atoms with van der Waals surface area (Å²) in [6.07, 6.45) is 4.70. The second-order valence-corrected chi connectivity index (χ2v) is 3.03. The van der Waals surface area contributed by atoms with Crippen molar-refractivity contribution in [3.05, 3.63) is 23.4 Å². The van der Waals surface area contributed by atoms with Gasteiger partial charge in [-0.15, -0.1) is 0 Å². The number of rotatable bonds is 5. The second kappa shape index (κ2) is 6.46. The molecule has 0 radical (unpaired) electrons. The Labute approximate surface area is 81.2 Å². The van der Waals surface area contributed by atoms with E-state index in [-0.39, 0.29) is 0 Å². The zero-order chi connectivity index (χ0) is 10.3. The largest absolute Gasteiger partial charge is 0.402 e. The molecule has 0 aromatic carbocycles. The highest BCUT2D eigenvalue weighted by Gasteiger charge is 2.02. The number of nitrogens with two attached hydrogens (primary N) is 1. The molecule has 2 heteroatoms. The Morgan fingerprint density at radius 3 is 2.46 bits per heavy atom. The van der Waals surface area contributed by atoms with Gasteiger partial charge in [0.05, 0.1) is 0 Å². The second-order valence-electron chi connectivity index (χ2n) is 3.03. The fourth-order valence-corrected chi connectivity index (χ4v) is 1.12. The third kappa shape index (κ3) is 3.92. The Morgan fingerprint density at radius 1 is 1.46 bits per heavy atom. The van der Waals surface area contributed by atoms with Crippen LogP contribution in [0.5, 0.6) is 0 Å². The highest BCUT2D eigenvalue weighted by atomic mass is 14.7. The molecule has 2 nitrogen and oxygen atoms in total. The van der Waals surface area contributed by atoms with Crippen molar-refractivity contribution in [1.29, 1.82) is 0 Å². The lowest BCUT2D eigenvalue weighted by Crippen LogP contribution is -2.05. The maximum absolute atomic E-state index is 5.92. The third-order valence-corrected chi connectivity index (χ3v) is 1.93. The molecule has 0 heterocycles. The lowest BCUT2D eigenvalue weighted by molar-refractivity contribution is 0.884. The van der Waals surface area contributed by atoms with Crippen LogP contribution in [0.4, 0.5) is 0 Å².